The van der Waals surface area contributed by atoms with Crippen molar-refractivity contribution < 1.29 is 29.0 Å². The quantitative estimate of drug-likeness (QED) is 0.403. The van der Waals surface area contributed by atoms with Crippen molar-refractivity contribution >= 4 is 23.6 Å². The third-order valence-corrected chi connectivity index (χ3v) is 2.21. The van der Waals surface area contributed by atoms with Crippen LogP contribution in [-0.2, 0) is 23.9 Å². The van der Waals surface area contributed by atoms with Crippen molar-refractivity contribution in [1.82, 2.24) is 5.01 Å². The number of carbonyl (C=O) groups is 3. The molecule has 0 saturated heterocycles. The average Bonchev–Trinajstić information content (AvgIpc) is 2.36. The highest BCUT2D eigenvalue weighted by molar-refractivity contribution is 6.42. The zero-order valence-electron chi connectivity index (χ0n) is 11.0. The summed E-state index contributed by atoms with van der Waals surface area (Å²) < 4.78 is 9.25. The Labute approximate surface area is 113 Å². The molecule has 1 heterocycles. The number of aliphatic carboxylic acids is 1. The predicted octanol–water partition coefficient (Wildman–Crippen LogP) is -0.490. The van der Waals surface area contributed by atoms with E-state index in [1.54, 1.807) is 0 Å². The number of hydrazine groups is 1. The monoisotopic (exact) mass is 283 g/mol. The van der Waals surface area contributed by atoms with E-state index in [4.69, 9.17) is 15.7 Å². The molecular formula is C11H13N3O6. The summed E-state index contributed by atoms with van der Waals surface area (Å²) in [6.07, 6.45) is 0.957. The number of nitrogens with two attached hydrogens (primary N) is 1. The van der Waals surface area contributed by atoms with Gasteiger partial charge in [0.05, 0.1) is 7.11 Å². The zero-order chi connectivity index (χ0) is 15.4. The van der Waals surface area contributed by atoms with E-state index in [0.717, 1.165) is 20.1 Å². The standard InChI is InChI=1S/C11H13N3O6/c1-5(20-6(2)15)9-13-7(11(18)19-3)4-8(10(16)17)14(9)12/h4H,12H2,1-3H3,(H,16,17)/b9-5+. The lowest BCUT2D eigenvalue weighted by Gasteiger charge is -2.24. The summed E-state index contributed by atoms with van der Waals surface area (Å²) in [5.41, 5.74) is -0.685. The zero-order valence-corrected chi connectivity index (χ0v) is 11.0. The Morgan fingerprint density at radius 1 is 1.35 bits per heavy atom. The van der Waals surface area contributed by atoms with Gasteiger partial charge in [-0.05, 0) is 6.92 Å². The maximum Gasteiger partial charge on any atom is 0.356 e. The van der Waals surface area contributed by atoms with E-state index in [1.807, 2.05) is 0 Å². The maximum atomic E-state index is 11.5. The molecule has 9 heteroatoms. The van der Waals surface area contributed by atoms with Crippen molar-refractivity contribution in [2.75, 3.05) is 7.11 Å². The fourth-order valence-electron chi connectivity index (χ4n) is 1.40. The molecule has 0 aromatic carbocycles. The highest BCUT2D eigenvalue weighted by Gasteiger charge is 2.28. The first-order chi connectivity index (χ1) is 9.27. The van der Waals surface area contributed by atoms with Gasteiger partial charge in [0.2, 0.25) is 0 Å². The van der Waals surface area contributed by atoms with E-state index in [0.29, 0.717) is 5.01 Å². The number of carbonyl (C=O) groups excluding carboxylic acids is 2. The number of ether oxygens (including phenoxy) is 2. The van der Waals surface area contributed by atoms with Gasteiger partial charge in [-0.2, -0.15) is 0 Å². The summed E-state index contributed by atoms with van der Waals surface area (Å²) >= 11 is 0. The molecule has 3 N–H and O–H groups in total. The van der Waals surface area contributed by atoms with E-state index < -0.39 is 23.6 Å². The average molecular weight is 283 g/mol. The minimum atomic E-state index is -1.38. The summed E-state index contributed by atoms with van der Waals surface area (Å²) in [6, 6.07) is 0. The summed E-state index contributed by atoms with van der Waals surface area (Å²) in [5.74, 6) is 2.50. The molecule has 0 amide bonds. The van der Waals surface area contributed by atoms with Crippen LogP contribution >= 0.6 is 0 Å². The minimum Gasteiger partial charge on any atom is -0.477 e. The molecule has 9 nitrogen and oxygen atoms in total. The molecule has 108 valence electrons. The number of rotatable bonds is 3. The second-order valence-electron chi connectivity index (χ2n) is 3.67. The van der Waals surface area contributed by atoms with Crippen LogP contribution in [0, 0.1) is 0 Å². The molecule has 0 spiro atoms. The fraction of sp³-hybridized carbons (Fsp3) is 0.273. The summed E-state index contributed by atoms with van der Waals surface area (Å²) in [4.78, 5) is 37.3. The molecule has 20 heavy (non-hydrogen) atoms. The van der Waals surface area contributed by atoms with E-state index >= 15 is 0 Å². The highest BCUT2D eigenvalue weighted by atomic mass is 16.5. The lowest BCUT2D eigenvalue weighted by molar-refractivity contribution is -0.137. The molecule has 0 saturated carbocycles. The lowest BCUT2D eigenvalue weighted by Crippen LogP contribution is -2.38. The van der Waals surface area contributed by atoms with Crippen LogP contribution in [0.5, 0.6) is 0 Å². The van der Waals surface area contributed by atoms with Gasteiger partial charge in [0.25, 0.3) is 0 Å². The first kappa shape index (κ1) is 15.4. The molecule has 0 aromatic heterocycles. The van der Waals surface area contributed by atoms with Crippen LogP contribution in [-0.4, -0.2) is 40.8 Å². The third kappa shape index (κ3) is 3.20. The highest BCUT2D eigenvalue weighted by Crippen LogP contribution is 2.20. The third-order valence-electron chi connectivity index (χ3n) is 2.21. The van der Waals surface area contributed by atoms with E-state index in [1.165, 1.54) is 6.92 Å². The smallest absolute Gasteiger partial charge is 0.356 e. The maximum absolute atomic E-state index is 11.5. The van der Waals surface area contributed by atoms with Crippen LogP contribution < -0.4 is 5.84 Å². The number of nitrogens with zero attached hydrogens (tertiary/aromatic N) is 2. The van der Waals surface area contributed by atoms with Crippen LogP contribution in [0.2, 0.25) is 0 Å². The van der Waals surface area contributed by atoms with Crippen molar-refractivity contribution in [3.05, 3.63) is 23.4 Å². The Kier molecular flexibility index (Phi) is 4.59. The molecule has 0 aliphatic carbocycles. The van der Waals surface area contributed by atoms with Crippen molar-refractivity contribution in [2.45, 2.75) is 13.8 Å². The number of hydrogen-bond donors (Lipinski definition) is 2. The topological polar surface area (TPSA) is 132 Å². The summed E-state index contributed by atoms with van der Waals surface area (Å²) in [7, 11) is 1.12. The van der Waals surface area contributed by atoms with Gasteiger partial charge < -0.3 is 14.6 Å². The van der Waals surface area contributed by atoms with Gasteiger partial charge in [0.1, 0.15) is 11.5 Å². The molecule has 0 unspecified atom stereocenters. The van der Waals surface area contributed by atoms with Crippen LogP contribution in [0.15, 0.2) is 28.3 Å². The summed E-state index contributed by atoms with van der Waals surface area (Å²) in [6.45, 7) is 2.52. The number of allylic oxidation sites excluding steroid dienone is 1. The van der Waals surface area contributed by atoms with Gasteiger partial charge in [0.15, 0.2) is 11.5 Å². The molecule has 0 fully saturated rings. The van der Waals surface area contributed by atoms with E-state index in [9.17, 15) is 14.4 Å². The molecule has 0 bridgehead atoms. The first-order valence-corrected chi connectivity index (χ1v) is 5.34. The summed E-state index contributed by atoms with van der Waals surface area (Å²) in [5, 5.41) is 9.74. The van der Waals surface area contributed by atoms with Crippen molar-refractivity contribution in [2.24, 2.45) is 10.8 Å². The SMILES string of the molecule is COC(=O)C1=N/C(=C(/C)OC(C)=O)N(N)C(C(=O)O)=C1. The number of aliphatic imine (C=N–C) groups is 1. The van der Waals surface area contributed by atoms with Crippen LogP contribution in [0.25, 0.3) is 0 Å². The number of esters is 2. The lowest BCUT2D eigenvalue weighted by atomic mass is 10.2. The largest absolute Gasteiger partial charge is 0.477 e. The number of hydrogen-bond acceptors (Lipinski definition) is 8. The van der Waals surface area contributed by atoms with Crippen molar-refractivity contribution in [3.63, 3.8) is 0 Å². The molecule has 0 aromatic rings. The second kappa shape index (κ2) is 5.97. The van der Waals surface area contributed by atoms with Crippen LogP contribution in [0.1, 0.15) is 13.8 Å². The molecule has 1 rings (SSSR count). The number of carboxylic acids is 1. The van der Waals surface area contributed by atoms with Gasteiger partial charge >= 0.3 is 17.9 Å². The second-order valence-corrected chi connectivity index (χ2v) is 3.67. The molecule has 1 aliphatic heterocycles. The molecule has 1 aliphatic rings. The number of carboxylic acid groups (broad SMARTS) is 1. The van der Waals surface area contributed by atoms with E-state index in [2.05, 4.69) is 9.73 Å². The Hall–Kier alpha value is -2.68. The molecule has 0 radical (unpaired) electrons. The van der Waals surface area contributed by atoms with Gasteiger partial charge in [-0.1, -0.05) is 0 Å². The first-order valence-electron chi connectivity index (χ1n) is 5.34. The number of methoxy groups -OCH3 is 1. The fourth-order valence-corrected chi connectivity index (χ4v) is 1.40. The normalized spacial score (nSPS) is 16.9. The Morgan fingerprint density at radius 3 is 2.40 bits per heavy atom. The Bertz CT molecular complexity index is 561. The Balaban J connectivity index is 3.35. The van der Waals surface area contributed by atoms with Crippen LogP contribution in [0.3, 0.4) is 0 Å². The van der Waals surface area contributed by atoms with Gasteiger partial charge in [-0.15, -0.1) is 0 Å². The van der Waals surface area contributed by atoms with Gasteiger partial charge in [-0.3, -0.25) is 9.80 Å². The molecule has 0 atom stereocenters. The van der Waals surface area contributed by atoms with Crippen molar-refractivity contribution in [3.8, 4) is 0 Å². The van der Waals surface area contributed by atoms with E-state index in [-0.39, 0.29) is 17.3 Å². The van der Waals surface area contributed by atoms with Gasteiger partial charge in [0, 0.05) is 13.0 Å². The van der Waals surface area contributed by atoms with Crippen LogP contribution in [0.4, 0.5) is 0 Å². The Morgan fingerprint density at radius 2 is 1.95 bits per heavy atom. The van der Waals surface area contributed by atoms with Gasteiger partial charge in [-0.25, -0.2) is 20.4 Å². The van der Waals surface area contributed by atoms with Crippen molar-refractivity contribution in [1.29, 1.82) is 0 Å². The molecular weight excluding hydrogens is 270 g/mol. The predicted molar refractivity (Wildman–Crippen MR) is 65.7 cm³/mol. The minimum absolute atomic E-state index is 0.0479.